The van der Waals surface area contributed by atoms with Crippen molar-refractivity contribution in [2.24, 2.45) is 0 Å². The van der Waals surface area contributed by atoms with E-state index in [4.69, 9.17) is 4.74 Å². The summed E-state index contributed by atoms with van der Waals surface area (Å²) in [5.74, 6) is 0.0377. The zero-order valence-corrected chi connectivity index (χ0v) is 18.1. The van der Waals surface area contributed by atoms with Crippen molar-refractivity contribution in [2.75, 3.05) is 45.4 Å². The van der Waals surface area contributed by atoms with Crippen LogP contribution in [0.1, 0.15) is 21.6 Å². The molecule has 162 valence electrons. The molecule has 3 aromatic rings. The number of carbonyl (C=O) groups excluding carboxylic acids is 1. The number of ether oxygens (including phenoxy) is 1. The molecular formula is C23H28N6O2. The summed E-state index contributed by atoms with van der Waals surface area (Å²) in [7, 11) is 3.73. The molecule has 2 aromatic carbocycles. The van der Waals surface area contributed by atoms with Gasteiger partial charge in [-0.3, -0.25) is 14.9 Å². The Morgan fingerprint density at radius 2 is 1.90 bits per heavy atom. The molecule has 4 rings (SSSR count). The maximum atomic E-state index is 12.7. The van der Waals surface area contributed by atoms with Gasteiger partial charge in [0.1, 0.15) is 5.69 Å². The second-order valence-corrected chi connectivity index (χ2v) is 7.46. The number of aromatic amines is 1. The number of nitrogens with one attached hydrogen (secondary N) is 3. The summed E-state index contributed by atoms with van der Waals surface area (Å²) < 4.78 is 5.33. The van der Waals surface area contributed by atoms with Crippen LogP contribution in [-0.4, -0.2) is 61.4 Å². The molecule has 3 N–H and O–H groups in total. The highest BCUT2D eigenvalue weighted by atomic mass is 16.5. The SMILES string of the molecule is CN/C(=C\N(NC)c1ccc(C(=O)N2CCOCC2)cc1)c1n[nH]c2ccc(C)cc12. The first-order valence-electron chi connectivity index (χ1n) is 10.4. The monoisotopic (exact) mass is 420 g/mol. The number of aryl methyl sites for hydroxylation is 1. The third kappa shape index (κ3) is 4.40. The summed E-state index contributed by atoms with van der Waals surface area (Å²) in [6, 6.07) is 13.8. The maximum Gasteiger partial charge on any atom is 0.254 e. The zero-order chi connectivity index (χ0) is 21.8. The number of amides is 1. The standard InChI is InChI=1S/C23H28N6O2/c1-16-4-9-20-19(14-16)22(27-26-20)21(24-2)15-29(25-3)18-7-5-17(6-8-18)23(30)28-10-12-31-13-11-28/h4-9,14-15,24-25H,10-13H2,1-3H3,(H,26,27)/b21-15-. The van der Waals surface area contributed by atoms with Crippen LogP contribution in [0.5, 0.6) is 0 Å². The topological polar surface area (TPSA) is 85.5 Å². The van der Waals surface area contributed by atoms with Gasteiger partial charge in [-0.05, 0) is 43.3 Å². The van der Waals surface area contributed by atoms with Gasteiger partial charge in [-0.2, -0.15) is 5.10 Å². The molecule has 31 heavy (non-hydrogen) atoms. The van der Waals surface area contributed by atoms with Crippen molar-refractivity contribution in [3.8, 4) is 0 Å². The molecule has 2 heterocycles. The van der Waals surface area contributed by atoms with Crippen LogP contribution in [0.3, 0.4) is 0 Å². The number of benzene rings is 2. The average molecular weight is 421 g/mol. The Morgan fingerprint density at radius 1 is 1.16 bits per heavy atom. The fourth-order valence-corrected chi connectivity index (χ4v) is 3.69. The Kier molecular flexibility index (Phi) is 6.20. The Hall–Kier alpha value is -3.36. The molecule has 0 aliphatic carbocycles. The van der Waals surface area contributed by atoms with E-state index >= 15 is 0 Å². The van der Waals surface area contributed by atoms with Gasteiger partial charge in [0.15, 0.2) is 0 Å². The van der Waals surface area contributed by atoms with E-state index in [0.29, 0.717) is 31.9 Å². The summed E-state index contributed by atoms with van der Waals surface area (Å²) in [6.07, 6.45) is 1.96. The molecule has 0 radical (unpaired) electrons. The minimum atomic E-state index is 0.0377. The molecule has 0 unspecified atom stereocenters. The summed E-state index contributed by atoms with van der Waals surface area (Å²) in [4.78, 5) is 14.5. The van der Waals surface area contributed by atoms with Crippen LogP contribution in [-0.2, 0) is 4.74 Å². The van der Waals surface area contributed by atoms with Crippen LogP contribution in [0, 0.1) is 6.92 Å². The van der Waals surface area contributed by atoms with Crippen molar-refractivity contribution >= 4 is 28.2 Å². The fraction of sp³-hybridized carbons (Fsp3) is 0.304. The third-order valence-electron chi connectivity index (χ3n) is 5.43. The number of anilines is 1. The second kappa shape index (κ2) is 9.20. The maximum absolute atomic E-state index is 12.7. The molecular weight excluding hydrogens is 392 g/mol. The van der Waals surface area contributed by atoms with E-state index in [0.717, 1.165) is 28.0 Å². The molecule has 1 amide bonds. The van der Waals surface area contributed by atoms with E-state index in [1.54, 1.807) is 0 Å². The molecule has 0 bridgehead atoms. The van der Waals surface area contributed by atoms with Crippen LogP contribution < -0.4 is 15.8 Å². The number of nitrogens with zero attached hydrogens (tertiary/aromatic N) is 3. The summed E-state index contributed by atoms with van der Waals surface area (Å²) >= 11 is 0. The van der Waals surface area contributed by atoms with Gasteiger partial charge in [-0.25, -0.2) is 5.43 Å². The number of H-pyrrole nitrogens is 1. The highest BCUT2D eigenvalue weighted by Gasteiger charge is 2.19. The lowest BCUT2D eigenvalue weighted by Gasteiger charge is -2.27. The van der Waals surface area contributed by atoms with Gasteiger partial charge in [-0.15, -0.1) is 0 Å². The predicted octanol–water partition coefficient (Wildman–Crippen LogP) is 2.50. The van der Waals surface area contributed by atoms with Gasteiger partial charge in [0.25, 0.3) is 5.91 Å². The highest BCUT2D eigenvalue weighted by molar-refractivity contribution is 5.95. The van der Waals surface area contributed by atoms with Crippen LogP contribution in [0.15, 0.2) is 48.7 Å². The van der Waals surface area contributed by atoms with Crippen molar-refractivity contribution < 1.29 is 9.53 Å². The predicted molar refractivity (Wildman–Crippen MR) is 123 cm³/mol. The van der Waals surface area contributed by atoms with Gasteiger partial charge in [0.05, 0.1) is 30.1 Å². The third-order valence-corrected chi connectivity index (χ3v) is 5.43. The lowest BCUT2D eigenvalue weighted by molar-refractivity contribution is 0.0303. The molecule has 1 fully saturated rings. The van der Waals surface area contributed by atoms with E-state index in [9.17, 15) is 4.79 Å². The summed E-state index contributed by atoms with van der Waals surface area (Å²) in [5, 5.41) is 13.8. The molecule has 0 atom stereocenters. The molecule has 8 nitrogen and oxygen atoms in total. The zero-order valence-electron chi connectivity index (χ0n) is 18.1. The van der Waals surface area contributed by atoms with E-state index in [1.807, 2.05) is 60.5 Å². The lowest BCUT2D eigenvalue weighted by Crippen LogP contribution is -2.40. The molecule has 1 aliphatic heterocycles. The molecule has 0 saturated carbocycles. The molecule has 0 spiro atoms. The smallest absolute Gasteiger partial charge is 0.254 e. The largest absolute Gasteiger partial charge is 0.385 e. The van der Waals surface area contributed by atoms with Gasteiger partial charge in [0.2, 0.25) is 0 Å². The fourth-order valence-electron chi connectivity index (χ4n) is 3.69. The number of hydrogen-bond donors (Lipinski definition) is 3. The first kappa shape index (κ1) is 20.9. The van der Waals surface area contributed by atoms with Crippen LogP contribution in [0.2, 0.25) is 0 Å². The van der Waals surface area contributed by atoms with Crippen LogP contribution in [0.25, 0.3) is 16.6 Å². The number of aromatic nitrogens is 2. The number of hydrazine groups is 1. The Labute approximate surface area is 181 Å². The minimum Gasteiger partial charge on any atom is -0.385 e. The normalized spacial score (nSPS) is 14.7. The first-order chi connectivity index (χ1) is 15.1. The molecule has 8 heteroatoms. The number of rotatable bonds is 6. The summed E-state index contributed by atoms with van der Waals surface area (Å²) in [5.41, 5.74) is 8.64. The van der Waals surface area contributed by atoms with Crippen molar-refractivity contribution in [1.82, 2.24) is 25.8 Å². The van der Waals surface area contributed by atoms with E-state index in [2.05, 4.69) is 40.0 Å². The Balaban J connectivity index is 1.59. The Bertz CT molecular complexity index is 1080. The minimum absolute atomic E-state index is 0.0377. The number of hydrogen-bond acceptors (Lipinski definition) is 6. The van der Waals surface area contributed by atoms with Gasteiger partial charge >= 0.3 is 0 Å². The van der Waals surface area contributed by atoms with Crippen molar-refractivity contribution in [1.29, 1.82) is 0 Å². The Morgan fingerprint density at radius 3 is 2.58 bits per heavy atom. The first-order valence-corrected chi connectivity index (χ1v) is 10.4. The van der Waals surface area contributed by atoms with E-state index < -0.39 is 0 Å². The van der Waals surface area contributed by atoms with E-state index in [1.165, 1.54) is 5.56 Å². The average Bonchev–Trinajstić information content (AvgIpc) is 3.23. The highest BCUT2D eigenvalue weighted by Crippen LogP contribution is 2.24. The number of morpholine rings is 1. The second-order valence-electron chi connectivity index (χ2n) is 7.46. The van der Waals surface area contributed by atoms with Gasteiger partial charge < -0.3 is 15.0 Å². The van der Waals surface area contributed by atoms with Crippen molar-refractivity contribution in [3.05, 3.63) is 65.5 Å². The quantitative estimate of drug-likeness (QED) is 0.532. The van der Waals surface area contributed by atoms with E-state index in [-0.39, 0.29) is 5.91 Å². The number of carbonyl (C=O) groups is 1. The summed E-state index contributed by atoms with van der Waals surface area (Å²) in [6.45, 7) is 4.52. The molecule has 1 saturated heterocycles. The van der Waals surface area contributed by atoms with Crippen molar-refractivity contribution in [2.45, 2.75) is 6.92 Å². The number of fused-ring (bicyclic) bond motifs is 1. The van der Waals surface area contributed by atoms with Crippen LogP contribution in [0.4, 0.5) is 5.69 Å². The van der Waals surface area contributed by atoms with Crippen LogP contribution >= 0.6 is 0 Å². The van der Waals surface area contributed by atoms with Crippen molar-refractivity contribution in [3.63, 3.8) is 0 Å². The molecule has 1 aliphatic rings. The van der Waals surface area contributed by atoms with Gasteiger partial charge in [0, 0.05) is 44.3 Å². The van der Waals surface area contributed by atoms with Gasteiger partial charge in [-0.1, -0.05) is 11.6 Å². The molecule has 1 aromatic heterocycles. The lowest BCUT2D eigenvalue weighted by atomic mass is 10.1.